The summed E-state index contributed by atoms with van der Waals surface area (Å²) in [7, 11) is -3.87. The third kappa shape index (κ3) is 5.69. The number of anilines is 1. The molecule has 0 spiro atoms. The van der Waals surface area contributed by atoms with Crippen LogP contribution in [0.1, 0.15) is 22.8 Å². The van der Waals surface area contributed by atoms with Crippen LogP contribution in [0.4, 0.5) is 5.69 Å². The van der Waals surface area contributed by atoms with Crippen molar-refractivity contribution in [3.05, 3.63) is 93.4 Å². The van der Waals surface area contributed by atoms with Gasteiger partial charge in [0.1, 0.15) is 0 Å². The SMILES string of the molecule is CC(=NNC(=O)c1cccc(S(=O)(=O)Nc2ccc(Cl)cc2)c1)c1ccc(Br)cc1. The molecule has 0 aliphatic heterocycles. The van der Waals surface area contributed by atoms with E-state index in [9.17, 15) is 13.2 Å². The maximum absolute atomic E-state index is 12.6. The largest absolute Gasteiger partial charge is 0.280 e. The number of rotatable bonds is 6. The van der Waals surface area contributed by atoms with Crippen molar-refractivity contribution < 1.29 is 13.2 Å². The molecule has 6 nitrogen and oxygen atoms in total. The number of benzene rings is 3. The highest BCUT2D eigenvalue weighted by molar-refractivity contribution is 9.10. The molecule has 0 aliphatic rings. The van der Waals surface area contributed by atoms with Crippen LogP contribution in [-0.4, -0.2) is 20.0 Å². The summed E-state index contributed by atoms with van der Waals surface area (Å²) in [4.78, 5) is 12.4. The third-order valence-corrected chi connectivity index (χ3v) is 6.25. The van der Waals surface area contributed by atoms with Crippen LogP contribution in [0, 0.1) is 0 Å². The Morgan fingerprint density at radius 1 is 0.967 bits per heavy atom. The number of amides is 1. The zero-order valence-corrected chi connectivity index (χ0v) is 18.9. The van der Waals surface area contributed by atoms with Crippen molar-refractivity contribution in [2.45, 2.75) is 11.8 Å². The van der Waals surface area contributed by atoms with Crippen LogP contribution in [0.5, 0.6) is 0 Å². The molecule has 30 heavy (non-hydrogen) atoms. The van der Waals surface area contributed by atoms with Crippen molar-refractivity contribution in [1.82, 2.24) is 5.43 Å². The molecule has 0 bridgehead atoms. The molecule has 0 aromatic heterocycles. The van der Waals surface area contributed by atoms with Crippen LogP contribution < -0.4 is 10.1 Å². The minimum atomic E-state index is -3.87. The molecule has 3 rings (SSSR count). The Labute approximate surface area is 188 Å². The Morgan fingerprint density at radius 3 is 2.30 bits per heavy atom. The molecule has 0 atom stereocenters. The summed E-state index contributed by atoms with van der Waals surface area (Å²) in [6.45, 7) is 1.76. The first-order chi connectivity index (χ1) is 14.2. The predicted octanol–water partition coefficient (Wildman–Crippen LogP) is 5.06. The average Bonchev–Trinajstić information content (AvgIpc) is 2.74. The van der Waals surface area contributed by atoms with Crippen LogP contribution in [0.15, 0.2) is 87.3 Å². The first kappa shape index (κ1) is 22.0. The van der Waals surface area contributed by atoms with Crippen molar-refractivity contribution in [2.75, 3.05) is 4.72 Å². The van der Waals surface area contributed by atoms with Crippen molar-refractivity contribution in [3.63, 3.8) is 0 Å². The van der Waals surface area contributed by atoms with E-state index in [0.717, 1.165) is 10.0 Å². The van der Waals surface area contributed by atoms with E-state index in [0.29, 0.717) is 16.4 Å². The number of carbonyl (C=O) groups excluding carboxylic acids is 1. The molecular formula is C21H17BrClN3O3S. The third-order valence-electron chi connectivity index (χ3n) is 4.09. The minimum absolute atomic E-state index is 0.0429. The topological polar surface area (TPSA) is 87.6 Å². The van der Waals surface area contributed by atoms with E-state index in [-0.39, 0.29) is 10.5 Å². The van der Waals surface area contributed by atoms with E-state index in [1.165, 1.54) is 24.3 Å². The number of hydrogen-bond acceptors (Lipinski definition) is 4. The lowest BCUT2D eigenvalue weighted by molar-refractivity contribution is 0.0954. The smallest absolute Gasteiger partial charge is 0.271 e. The minimum Gasteiger partial charge on any atom is -0.280 e. The zero-order chi connectivity index (χ0) is 21.7. The molecule has 0 radical (unpaired) electrons. The number of nitrogens with zero attached hydrogens (tertiary/aromatic N) is 1. The van der Waals surface area contributed by atoms with E-state index >= 15 is 0 Å². The lowest BCUT2D eigenvalue weighted by Crippen LogP contribution is -2.20. The van der Waals surface area contributed by atoms with Crippen LogP contribution in [0.3, 0.4) is 0 Å². The Kier molecular flexibility index (Phi) is 6.91. The van der Waals surface area contributed by atoms with Gasteiger partial charge in [0.2, 0.25) is 0 Å². The van der Waals surface area contributed by atoms with Gasteiger partial charge in [0.25, 0.3) is 15.9 Å². The first-order valence-corrected chi connectivity index (χ1v) is 11.4. The lowest BCUT2D eigenvalue weighted by Gasteiger charge is -2.09. The van der Waals surface area contributed by atoms with Gasteiger partial charge in [-0.2, -0.15) is 5.10 Å². The fourth-order valence-corrected chi connectivity index (χ4v) is 3.99. The summed E-state index contributed by atoms with van der Waals surface area (Å²) in [5.74, 6) is -0.519. The molecule has 154 valence electrons. The summed E-state index contributed by atoms with van der Waals surface area (Å²) < 4.78 is 28.7. The highest BCUT2D eigenvalue weighted by Crippen LogP contribution is 2.19. The number of sulfonamides is 1. The molecule has 2 N–H and O–H groups in total. The number of nitrogens with one attached hydrogen (secondary N) is 2. The Hall–Kier alpha value is -2.68. The van der Waals surface area contributed by atoms with E-state index < -0.39 is 15.9 Å². The van der Waals surface area contributed by atoms with Crippen molar-refractivity contribution in [2.24, 2.45) is 5.10 Å². The maximum atomic E-state index is 12.6. The molecule has 3 aromatic carbocycles. The maximum Gasteiger partial charge on any atom is 0.271 e. The van der Waals surface area contributed by atoms with Crippen LogP contribution in [-0.2, 0) is 10.0 Å². The molecule has 0 fully saturated rings. The second-order valence-electron chi connectivity index (χ2n) is 6.29. The van der Waals surface area contributed by atoms with Gasteiger partial charge in [0.05, 0.1) is 10.6 Å². The van der Waals surface area contributed by atoms with E-state index in [2.05, 4.69) is 31.2 Å². The van der Waals surface area contributed by atoms with E-state index in [1.54, 1.807) is 31.2 Å². The van der Waals surface area contributed by atoms with Gasteiger partial charge in [0.15, 0.2) is 0 Å². The number of halogens is 2. The summed E-state index contributed by atoms with van der Waals surface area (Å²) in [5, 5.41) is 4.59. The Balaban J connectivity index is 1.75. The quantitative estimate of drug-likeness (QED) is 0.362. The molecule has 0 heterocycles. The molecule has 9 heteroatoms. The van der Waals surface area contributed by atoms with E-state index in [1.807, 2.05) is 24.3 Å². The standard InChI is InChI=1S/C21H17BrClN3O3S/c1-14(15-5-7-17(22)8-6-15)24-25-21(27)16-3-2-4-20(13-16)30(28,29)26-19-11-9-18(23)10-12-19/h2-13,26H,1H3,(H,25,27). The first-order valence-electron chi connectivity index (χ1n) is 8.73. The van der Waals surface area contributed by atoms with Gasteiger partial charge in [-0.25, -0.2) is 13.8 Å². The molecule has 0 saturated heterocycles. The molecule has 0 saturated carbocycles. The van der Waals surface area contributed by atoms with Crippen molar-refractivity contribution in [1.29, 1.82) is 0 Å². The van der Waals surface area contributed by atoms with Crippen molar-refractivity contribution >= 4 is 54.9 Å². The van der Waals surface area contributed by atoms with Gasteiger partial charge in [-0.05, 0) is 67.1 Å². The predicted molar refractivity (Wildman–Crippen MR) is 123 cm³/mol. The van der Waals surface area contributed by atoms with Gasteiger partial charge in [-0.15, -0.1) is 0 Å². The molecule has 0 aliphatic carbocycles. The van der Waals surface area contributed by atoms with Crippen molar-refractivity contribution in [3.8, 4) is 0 Å². The second kappa shape index (κ2) is 9.42. The van der Waals surface area contributed by atoms with Crippen LogP contribution >= 0.6 is 27.5 Å². The molecular weight excluding hydrogens is 490 g/mol. The summed E-state index contributed by atoms with van der Waals surface area (Å²) in [6, 6.07) is 19.4. The Morgan fingerprint density at radius 2 is 1.63 bits per heavy atom. The van der Waals surface area contributed by atoms with Gasteiger partial charge in [0, 0.05) is 20.7 Å². The molecule has 3 aromatic rings. The molecule has 1 amide bonds. The zero-order valence-electron chi connectivity index (χ0n) is 15.8. The van der Waals surface area contributed by atoms with Crippen LogP contribution in [0.2, 0.25) is 5.02 Å². The van der Waals surface area contributed by atoms with Gasteiger partial charge in [-0.3, -0.25) is 9.52 Å². The monoisotopic (exact) mass is 505 g/mol. The average molecular weight is 507 g/mol. The fraction of sp³-hybridized carbons (Fsp3) is 0.0476. The Bertz CT molecular complexity index is 1190. The van der Waals surface area contributed by atoms with E-state index in [4.69, 9.17) is 11.6 Å². The summed E-state index contributed by atoms with van der Waals surface area (Å²) >= 11 is 9.18. The number of hydrogen-bond donors (Lipinski definition) is 2. The molecule has 0 unspecified atom stereocenters. The highest BCUT2D eigenvalue weighted by Gasteiger charge is 2.16. The van der Waals surface area contributed by atoms with Gasteiger partial charge in [-0.1, -0.05) is 45.7 Å². The fourth-order valence-electron chi connectivity index (χ4n) is 2.49. The highest BCUT2D eigenvalue weighted by atomic mass is 79.9. The summed E-state index contributed by atoms with van der Waals surface area (Å²) in [6.07, 6.45) is 0. The second-order valence-corrected chi connectivity index (χ2v) is 9.32. The summed E-state index contributed by atoms with van der Waals surface area (Å²) in [5.41, 5.74) is 4.45. The lowest BCUT2D eigenvalue weighted by atomic mass is 10.1. The number of carbonyl (C=O) groups is 1. The van der Waals surface area contributed by atoms with Gasteiger partial charge >= 0.3 is 0 Å². The normalized spacial score (nSPS) is 11.8. The van der Waals surface area contributed by atoms with Crippen LogP contribution in [0.25, 0.3) is 0 Å². The van der Waals surface area contributed by atoms with Gasteiger partial charge < -0.3 is 0 Å². The number of hydrazone groups is 1.